The highest BCUT2D eigenvalue weighted by atomic mass is 35.5. The molecule has 1 aromatic rings. The topological polar surface area (TPSA) is 20.3 Å². The van der Waals surface area contributed by atoms with Gasteiger partial charge in [0.15, 0.2) is 0 Å². The highest BCUT2D eigenvalue weighted by molar-refractivity contribution is 8.12. The van der Waals surface area contributed by atoms with E-state index in [0.29, 0.717) is 13.1 Å². The van der Waals surface area contributed by atoms with Gasteiger partial charge >= 0.3 is 0 Å². The Bertz CT molecular complexity index is 494. The first-order valence-corrected chi connectivity index (χ1v) is 6.37. The number of hydrogen-bond donors (Lipinski definition) is 0. The lowest BCUT2D eigenvalue weighted by Crippen LogP contribution is -2.26. The molecule has 0 aromatic heterocycles. The number of rotatable bonds is 4. The van der Waals surface area contributed by atoms with Crippen LogP contribution in [0.4, 0.5) is 4.79 Å². The predicted octanol–water partition coefficient (Wildman–Crippen LogP) is 4.04. The molecule has 1 amide bonds. The smallest absolute Gasteiger partial charge is 0.281 e. The molecule has 0 saturated heterocycles. The van der Waals surface area contributed by atoms with Crippen LogP contribution in [0.2, 0.25) is 5.02 Å². The van der Waals surface area contributed by atoms with Crippen molar-refractivity contribution in [1.82, 2.24) is 4.90 Å². The SMILES string of the molecule is [2H]c1c([2H])c(CSC(=O)N(CC)CC)c([2H])c([2H])c1Cl. The molecular weight excluding hydrogens is 242 g/mol. The van der Waals surface area contributed by atoms with E-state index >= 15 is 0 Å². The van der Waals surface area contributed by atoms with Crippen molar-refractivity contribution in [2.75, 3.05) is 13.1 Å². The summed E-state index contributed by atoms with van der Waals surface area (Å²) in [5.41, 5.74) is 0.204. The molecular formula is C12H16ClNOS. The number of halogens is 1. The van der Waals surface area contributed by atoms with Gasteiger partial charge in [0.1, 0.15) is 0 Å². The summed E-state index contributed by atoms with van der Waals surface area (Å²) in [4.78, 5) is 13.5. The third kappa shape index (κ3) is 4.06. The summed E-state index contributed by atoms with van der Waals surface area (Å²) in [6, 6.07) is -0.899. The van der Waals surface area contributed by atoms with Gasteiger partial charge in [-0.2, -0.15) is 0 Å². The van der Waals surface area contributed by atoms with Gasteiger partial charge in [0.05, 0.1) is 5.48 Å². The molecule has 2 nitrogen and oxygen atoms in total. The Morgan fingerprint density at radius 3 is 2.44 bits per heavy atom. The molecule has 0 fully saturated rings. The Balaban J connectivity index is 2.97. The zero-order valence-corrected chi connectivity index (χ0v) is 10.8. The number of carbonyl (C=O) groups is 1. The Labute approximate surface area is 112 Å². The molecule has 0 spiro atoms. The van der Waals surface area contributed by atoms with Crippen LogP contribution >= 0.6 is 23.4 Å². The molecule has 0 bridgehead atoms. The quantitative estimate of drug-likeness (QED) is 0.816. The second-order valence-electron chi connectivity index (χ2n) is 3.02. The fourth-order valence-corrected chi connectivity index (χ4v) is 2.05. The van der Waals surface area contributed by atoms with Crippen LogP contribution in [-0.2, 0) is 5.75 Å². The predicted molar refractivity (Wildman–Crippen MR) is 71.1 cm³/mol. The van der Waals surface area contributed by atoms with Gasteiger partial charge < -0.3 is 4.90 Å². The van der Waals surface area contributed by atoms with Crippen molar-refractivity contribution in [3.8, 4) is 0 Å². The van der Waals surface area contributed by atoms with Gasteiger partial charge in [-0.15, -0.1) is 0 Å². The summed E-state index contributed by atoms with van der Waals surface area (Å²) in [6.45, 7) is 4.94. The summed E-state index contributed by atoms with van der Waals surface area (Å²) in [5.74, 6) is 0.0991. The molecule has 1 aromatic carbocycles. The molecule has 0 aliphatic carbocycles. The minimum atomic E-state index is -0.265. The summed E-state index contributed by atoms with van der Waals surface area (Å²) in [5, 5.41) is -0.328. The van der Waals surface area contributed by atoms with Crippen molar-refractivity contribution in [1.29, 1.82) is 0 Å². The van der Waals surface area contributed by atoms with Crippen molar-refractivity contribution >= 4 is 28.6 Å². The van der Waals surface area contributed by atoms with Crippen LogP contribution in [0.5, 0.6) is 0 Å². The van der Waals surface area contributed by atoms with E-state index in [1.54, 1.807) is 4.90 Å². The van der Waals surface area contributed by atoms with Gasteiger partial charge in [-0.25, -0.2) is 0 Å². The van der Waals surface area contributed by atoms with Gasteiger partial charge in [-0.1, -0.05) is 35.4 Å². The van der Waals surface area contributed by atoms with E-state index in [0.717, 1.165) is 11.8 Å². The molecule has 16 heavy (non-hydrogen) atoms. The Kier molecular flexibility index (Phi) is 3.59. The van der Waals surface area contributed by atoms with Crippen LogP contribution in [0, 0.1) is 0 Å². The average molecular weight is 262 g/mol. The highest BCUT2D eigenvalue weighted by Crippen LogP contribution is 2.17. The van der Waals surface area contributed by atoms with E-state index in [4.69, 9.17) is 17.1 Å². The lowest BCUT2D eigenvalue weighted by atomic mass is 10.2. The maximum absolute atomic E-state index is 11.9. The van der Waals surface area contributed by atoms with E-state index in [2.05, 4.69) is 0 Å². The van der Waals surface area contributed by atoms with Crippen LogP contribution < -0.4 is 0 Å². The zero-order chi connectivity index (χ0) is 15.4. The number of benzene rings is 1. The maximum Gasteiger partial charge on any atom is 0.281 e. The standard InChI is InChI=1S/C12H16ClNOS/c1-3-14(4-2)12(15)16-9-10-5-7-11(13)8-6-10/h5-8H,3-4,9H2,1-2H3/i5D,6D,7D,8D. The fraction of sp³-hybridized carbons (Fsp3) is 0.417. The van der Waals surface area contributed by atoms with Crippen molar-refractivity contribution in [3.63, 3.8) is 0 Å². The van der Waals surface area contributed by atoms with Crippen LogP contribution in [0.15, 0.2) is 24.2 Å². The van der Waals surface area contributed by atoms with E-state index in [1.165, 1.54) is 0 Å². The molecule has 0 atom stereocenters. The maximum atomic E-state index is 11.9. The molecule has 0 saturated carbocycles. The lowest BCUT2D eigenvalue weighted by Gasteiger charge is -2.17. The molecule has 88 valence electrons. The second-order valence-corrected chi connectivity index (χ2v) is 4.32. The summed E-state index contributed by atoms with van der Waals surface area (Å²) < 4.78 is 30.9. The van der Waals surface area contributed by atoms with Crippen LogP contribution in [0.25, 0.3) is 0 Å². The first-order valence-electron chi connectivity index (χ1n) is 7.01. The lowest BCUT2D eigenvalue weighted by molar-refractivity contribution is 0.228. The number of nitrogens with zero attached hydrogens (tertiary/aromatic N) is 1. The number of hydrogen-bond acceptors (Lipinski definition) is 2. The molecule has 0 aliphatic heterocycles. The van der Waals surface area contributed by atoms with Crippen molar-refractivity contribution in [2.24, 2.45) is 0 Å². The molecule has 0 aliphatic rings. The van der Waals surface area contributed by atoms with Gasteiger partial charge in [0, 0.05) is 23.9 Å². The highest BCUT2D eigenvalue weighted by Gasteiger charge is 2.09. The van der Waals surface area contributed by atoms with Gasteiger partial charge in [-0.3, -0.25) is 4.79 Å². The minimum absolute atomic E-state index is 0.0991. The van der Waals surface area contributed by atoms with Gasteiger partial charge in [0.2, 0.25) is 0 Å². The monoisotopic (exact) mass is 261 g/mol. The average Bonchev–Trinajstić information content (AvgIpc) is 2.44. The molecule has 4 heteroatoms. The van der Waals surface area contributed by atoms with Crippen LogP contribution in [0.3, 0.4) is 0 Å². The zero-order valence-electron chi connectivity index (χ0n) is 13.3. The van der Waals surface area contributed by atoms with E-state index in [1.807, 2.05) is 13.8 Å². The van der Waals surface area contributed by atoms with Crippen molar-refractivity contribution in [2.45, 2.75) is 19.6 Å². The van der Waals surface area contributed by atoms with E-state index < -0.39 is 0 Å². The Morgan fingerprint density at radius 1 is 1.38 bits per heavy atom. The first-order chi connectivity index (χ1) is 9.34. The third-order valence-corrected chi connectivity index (χ3v) is 3.14. The largest absolute Gasteiger partial charge is 0.334 e. The summed E-state index contributed by atoms with van der Waals surface area (Å²) >= 11 is 6.70. The Hall–Kier alpha value is -0.670. The molecule has 0 N–H and O–H groups in total. The van der Waals surface area contributed by atoms with Crippen LogP contribution in [-0.4, -0.2) is 23.2 Å². The molecule has 1 rings (SSSR count). The van der Waals surface area contributed by atoms with E-state index in [9.17, 15) is 4.79 Å². The van der Waals surface area contributed by atoms with Crippen molar-refractivity contribution < 1.29 is 10.3 Å². The molecule has 0 heterocycles. The molecule has 0 unspecified atom stereocenters. The Morgan fingerprint density at radius 2 is 1.94 bits per heavy atom. The molecule has 0 radical (unpaired) electrons. The number of amides is 1. The van der Waals surface area contributed by atoms with Gasteiger partial charge in [-0.05, 0) is 31.5 Å². The fourth-order valence-electron chi connectivity index (χ4n) is 1.10. The second kappa shape index (κ2) is 6.81. The number of thioether (sulfide) groups is 1. The number of carbonyl (C=O) groups excluding carboxylic acids is 1. The van der Waals surface area contributed by atoms with Gasteiger partial charge in [0.25, 0.3) is 5.24 Å². The van der Waals surface area contributed by atoms with Crippen LogP contribution in [0.1, 0.15) is 24.9 Å². The minimum Gasteiger partial charge on any atom is -0.334 e. The normalized spacial score (nSPS) is 13.7. The van der Waals surface area contributed by atoms with Crippen molar-refractivity contribution in [3.05, 3.63) is 34.8 Å². The summed E-state index contributed by atoms with van der Waals surface area (Å²) in [6.07, 6.45) is 0. The summed E-state index contributed by atoms with van der Waals surface area (Å²) in [7, 11) is 0. The first kappa shape index (κ1) is 8.43. The van der Waals surface area contributed by atoms with E-state index in [-0.39, 0.29) is 45.7 Å². The third-order valence-electron chi connectivity index (χ3n) is 2.01.